The number of allylic oxidation sites excluding steroid dienone is 2. The summed E-state index contributed by atoms with van der Waals surface area (Å²) in [6.07, 6.45) is 7.64. The Morgan fingerprint density at radius 2 is 1.81 bits per heavy atom. The molecular weight excluding hydrogens is 336 g/mol. The van der Waals surface area contributed by atoms with E-state index >= 15 is 0 Å². The van der Waals surface area contributed by atoms with E-state index in [2.05, 4.69) is 23.5 Å². The maximum atomic E-state index is 13.1. The summed E-state index contributed by atoms with van der Waals surface area (Å²) in [5.74, 6) is 1.06. The van der Waals surface area contributed by atoms with Crippen LogP contribution in [0.5, 0.6) is 5.75 Å². The Morgan fingerprint density at radius 1 is 1.04 bits per heavy atom. The first-order chi connectivity index (χ1) is 13.2. The van der Waals surface area contributed by atoms with Crippen molar-refractivity contribution in [3.8, 4) is 5.75 Å². The number of nitrogens with zero attached hydrogens (tertiary/aromatic N) is 1. The summed E-state index contributed by atoms with van der Waals surface area (Å²) in [4.78, 5) is 15.1. The average molecular weight is 360 g/mol. The Bertz CT molecular complexity index is 914. The van der Waals surface area contributed by atoms with E-state index in [0.29, 0.717) is 11.7 Å². The third kappa shape index (κ3) is 2.62. The number of likely N-dealkylation sites (tertiary alicyclic amines) is 1. The molecule has 1 fully saturated rings. The molecule has 2 heterocycles. The van der Waals surface area contributed by atoms with Gasteiger partial charge in [0, 0.05) is 24.6 Å². The van der Waals surface area contributed by atoms with Crippen LogP contribution in [-0.4, -0.2) is 29.0 Å². The molecule has 3 atom stereocenters. The van der Waals surface area contributed by atoms with E-state index in [1.165, 1.54) is 5.56 Å². The molecule has 2 aliphatic heterocycles. The summed E-state index contributed by atoms with van der Waals surface area (Å²) >= 11 is 0. The predicted octanol–water partition coefficient (Wildman–Crippen LogP) is 4.45. The van der Waals surface area contributed by atoms with Gasteiger partial charge in [-0.3, -0.25) is 4.79 Å². The summed E-state index contributed by atoms with van der Waals surface area (Å²) in [7, 11) is 0. The zero-order chi connectivity index (χ0) is 18.4. The van der Waals surface area contributed by atoms with Crippen LogP contribution in [0.4, 0.5) is 5.69 Å². The fourth-order valence-electron chi connectivity index (χ4n) is 4.95. The van der Waals surface area contributed by atoms with Crippen molar-refractivity contribution < 1.29 is 9.90 Å². The van der Waals surface area contributed by atoms with Gasteiger partial charge in [-0.05, 0) is 42.9 Å². The van der Waals surface area contributed by atoms with E-state index in [0.717, 1.165) is 49.2 Å². The third-order valence-corrected chi connectivity index (χ3v) is 6.29. The number of amides is 1. The second kappa shape index (κ2) is 6.45. The zero-order valence-corrected chi connectivity index (χ0v) is 15.3. The van der Waals surface area contributed by atoms with E-state index < -0.39 is 0 Å². The number of phenolic OH excluding ortho intramolecular Hbond substituents is 1. The van der Waals surface area contributed by atoms with Gasteiger partial charge in [0.15, 0.2) is 0 Å². The molecule has 4 nitrogen and oxygen atoms in total. The maximum Gasteiger partial charge on any atom is 0.255 e. The fraction of sp³-hybridized carbons (Fsp3) is 0.348. The number of aromatic hydroxyl groups is 1. The van der Waals surface area contributed by atoms with Crippen LogP contribution in [0.25, 0.3) is 0 Å². The Kier molecular flexibility index (Phi) is 3.92. The molecule has 2 aromatic rings. The lowest BCUT2D eigenvalue weighted by atomic mass is 9.76. The number of phenols is 1. The van der Waals surface area contributed by atoms with Crippen molar-refractivity contribution in [2.24, 2.45) is 5.92 Å². The molecule has 3 unspecified atom stereocenters. The van der Waals surface area contributed by atoms with Gasteiger partial charge in [0.05, 0.1) is 17.3 Å². The first kappa shape index (κ1) is 16.4. The maximum absolute atomic E-state index is 13.1. The van der Waals surface area contributed by atoms with Gasteiger partial charge in [0.1, 0.15) is 5.75 Å². The van der Waals surface area contributed by atoms with Crippen molar-refractivity contribution >= 4 is 11.6 Å². The second-order valence-corrected chi connectivity index (χ2v) is 7.80. The minimum absolute atomic E-state index is 0.00812. The molecule has 0 radical (unpaired) electrons. The molecule has 4 heteroatoms. The summed E-state index contributed by atoms with van der Waals surface area (Å²) in [5.41, 5.74) is 3.81. The predicted molar refractivity (Wildman–Crippen MR) is 106 cm³/mol. The molecule has 0 spiro atoms. The molecule has 0 bridgehead atoms. The van der Waals surface area contributed by atoms with Crippen LogP contribution in [0.1, 0.15) is 52.7 Å². The first-order valence-corrected chi connectivity index (χ1v) is 9.87. The van der Waals surface area contributed by atoms with E-state index in [9.17, 15) is 9.90 Å². The van der Waals surface area contributed by atoms with Gasteiger partial charge in [-0.15, -0.1) is 0 Å². The zero-order valence-electron chi connectivity index (χ0n) is 15.3. The normalized spacial score (nSPS) is 25.8. The quantitative estimate of drug-likeness (QED) is 0.778. The highest BCUT2D eigenvalue weighted by Gasteiger charge is 2.40. The smallest absolute Gasteiger partial charge is 0.255 e. The lowest BCUT2D eigenvalue weighted by Gasteiger charge is -2.38. The van der Waals surface area contributed by atoms with Crippen LogP contribution < -0.4 is 5.32 Å². The van der Waals surface area contributed by atoms with Crippen LogP contribution in [0.3, 0.4) is 0 Å². The van der Waals surface area contributed by atoms with Crippen LogP contribution in [-0.2, 0) is 0 Å². The topological polar surface area (TPSA) is 52.6 Å². The highest BCUT2D eigenvalue weighted by molar-refractivity contribution is 6.01. The average Bonchev–Trinajstić information content (AvgIpc) is 3.39. The van der Waals surface area contributed by atoms with Crippen molar-refractivity contribution in [2.45, 2.75) is 31.2 Å². The number of hydrogen-bond donors (Lipinski definition) is 2. The molecule has 1 aliphatic carbocycles. The molecule has 0 saturated carbocycles. The van der Waals surface area contributed by atoms with E-state index in [4.69, 9.17) is 0 Å². The Morgan fingerprint density at radius 3 is 2.63 bits per heavy atom. The molecule has 5 rings (SSSR count). The molecule has 1 amide bonds. The second-order valence-electron chi connectivity index (χ2n) is 7.80. The fourth-order valence-corrected chi connectivity index (χ4v) is 4.95. The largest absolute Gasteiger partial charge is 0.508 e. The summed E-state index contributed by atoms with van der Waals surface area (Å²) < 4.78 is 0. The number of para-hydroxylation sites is 2. The molecule has 2 aromatic carbocycles. The van der Waals surface area contributed by atoms with Gasteiger partial charge in [-0.2, -0.15) is 0 Å². The third-order valence-electron chi connectivity index (χ3n) is 6.29. The van der Waals surface area contributed by atoms with Crippen LogP contribution in [0.2, 0.25) is 0 Å². The van der Waals surface area contributed by atoms with Crippen molar-refractivity contribution in [3.63, 3.8) is 0 Å². The lowest BCUT2D eigenvalue weighted by molar-refractivity contribution is 0.0793. The first-order valence-electron chi connectivity index (χ1n) is 9.87. The molecule has 2 N–H and O–H groups in total. The number of benzene rings is 2. The van der Waals surface area contributed by atoms with E-state index in [-0.39, 0.29) is 17.9 Å². The van der Waals surface area contributed by atoms with Gasteiger partial charge in [0.25, 0.3) is 5.91 Å². The number of fused-ring (bicyclic) bond motifs is 3. The van der Waals surface area contributed by atoms with E-state index in [1.54, 1.807) is 6.07 Å². The summed E-state index contributed by atoms with van der Waals surface area (Å²) in [6.45, 7) is 1.69. The summed E-state index contributed by atoms with van der Waals surface area (Å²) in [6, 6.07) is 13.6. The number of nitrogens with one attached hydrogen (secondary N) is 1. The van der Waals surface area contributed by atoms with Crippen molar-refractivity contribution in [1.82, 2.24) is 4.90 Å². The summed E-state index contributed by atoms with van der Waals surface area (Å²) in [5, 5.41) is 14.1. The highest BCUT2D eigenvalue weighted by atomic mass is 16.3. The van der Waals surface area contributed by atoms with Gasteiger partial charge < -0.3 is 15.3 Å². The number of carbonyl (C=O) groups is 1. The molecular formula is C23H24N2O2. The lowest BCUT2D eigenvalue weighted by Crippen LogP contribution is -2.33. The van der Waals surface area contributed by atoms with Gasteiger partial charge in [0.2, 0.25) is 0 Å². The molecule has 3 aliphatic rings. The Hall–Kier alpha value is -2.75. The SMILES string of the molecule is O=C(c1cccc2c1NC(c1ccccc1O)C1CC=CC21)N1CCCC1. The van der Waals surface area contributed by atoms with Crippen LogP contribution in [0.15, 0.2) is 54.6 Å². The van der Waals surface area contributed by atoms with Crippen molar-refractivity contribution in [2.75, 3.05) is 18.4 Å². The van der Waals surface area contributed by atoms with Crippen LogP contribution >= 0.6 is 0 Å². The molecule has 0 aromatic heterocycles. The van der Waals surface area contributed by atoms with Crippen molar-refractivity contribution in [3.05, 3.63) is 71.3 Å². The van der Waals surface area contributed by atoms with Crippen molar-refractivity contribution in [1.29, 1.82) is 0 Å². The highest BCUT2D eigenvalue weighted by Crippen LogP contribution is 2.51. The minimum Gasteiger partial charge on any atom is -0.508 e. The van der Waals surface area contributed by atoms with Gasteiger partial charge >= 0.3 is 0 Å². The van der Waals surface area contributed by atoms with E-state index in [1.807, 2.05) is 35.2 Å². The number of rotatable bonds is 2. The number of hydrogen-bond acceptors (Lipinski definition) is 3. The standard InChI is InChI=1S/C23H24N2O2/c26-20-12-2-1-7-18(20)21-16-9-5-8-15(16)17-10-6-11-19(22(17)24-21)23(27)25-13-3-4-14-25/h1-2,5-8,10-12,15-16,21,24,26H,3-4,9,13-14H2. The van der Waals surface area contributed by atoms with Crippen LogP contribution in [0, 0.1) is 5.92 Å². The Labute approximate surface area is 159 Å². The number of anilines is 1. The van der Waals surface area contributed by atoms with Gasteiger partial charge in [-0.1, -0.05) is 42.5 Å². The number of carbonyl (C=O) groups excluding carboxylic acids is 1. The molecule has 1 saturated heterocycles. The molecule has 138 valence electrons. The van der Waals surface area contributed by atoms with Gasteiger partial charge in [-0.25, -0.2) is 0 Å². The Balaban J connectivity index is 1.60. The molecule has 27 heavy (non-hydrogen) atoms. The minimum atomic E-state index is -0.00812. The monoisotopic (exact) mass is 360 g/mol.